The van der Waals surface area contributed by atoms with Gasteiger partial charge in [0.2, 0.25) is 0 Å². The van der Waals surface area contributed by atoms with Crippen molar-refractivity contribution in [3.8, 4) is 22.3 Å². The van der Waals surface area contributed by atoms with Gasteiger partial charge in [0.1, 0.15) is 19.3 Å². The molecule has 0 aromatic heterocycles. The average Bonchev–Trinajstić information content (AvgIpc) is 3.65. The number of aliphatic carboxylic acids is 1. The molecule has 7 heteroatoms. The number of rotatable bonds is 8. The second-order valence-corrected chi connectivity index (χ2v) is 12.7. The number of benzene rings is 6. The molecule has 1 N–H and O–H groups in total. The van der Waals surface area contributed by atoms with E-state index in [9.17, 15) is 19.5 Å². The molecule has 0 aliphatic heterocycles. The number of hydrogen-bond donors (Lipinski definition) is 1. The van der Waals surface area contributed by atoms with Gasteiger partial charge in [0, 0.05) is 18.3 Å². The topological polar surface area (TPSA) is 93.1 Å². The van der Waals surface area contributed by atoms with Crippen LogP contribution < -0.4 is 0 Å². The predicted molar refractivity (Wildman–Crippen MR) is 191 cm³/mol. The van der Waals surface area contributed by atoms with Gasteiger partial charge in [-0.3, -0.25) is 0 Å². The molecule has 6 aromatic carbocycles. The second-order valence-electron chi connectivity index (χ2n) is 12.7. The van der Waals surface area contributed by atoms with E-state index in [0.29, 0.717) is 10.5 Å². The van der Waals surface area contributed by atoms with E-state index in [4.69, 9.17) is 9.47 Å². The van der Waals surface area contributed by atoms with Crippen LogP contribution in [0.3, 0.4) is 0 Å². The Morgan fingerprint density at radius 2 is 0.940 bits per heavy atom. The molecular formula is C43H33NO6. The lowest BCUT2D eigenvalue weighted by atomic mass is 9.98. The number of nitrogens with zero attached hydrogens (tertiary/aromatic N) is 1. The van der Waals surface area contributed by atoms with Crippen molar-refractivity contribution in [3.63, 3.8) is 0 Å². The standard InChI is InChI=1S/C43H33NO6/c45-41(46)40(24-27-21-22-28-11-1-2-12-29(28)23-27)44(42(47)49-25-38-34-17-7-3-13-30(34)31-14-4-8-18-35(31)38)43(48)50-26-39-36-19-9-5-15-32(36)33-16-6-10-20-37(33)39/h1-23,38-40H,24-26H2,(H,45,46)/t40-/m0/s1. The summed E-state index contributed by atoms with van der Waals surface area (Å²) in [7, 11) is 0. The van der Waals surface area contributed by atoms with E-state index in [1.807, 2.05) is 140 Å². The maximum absolute atomic E-state index is 14.0. The van der Waals surface area contributed by atoms with Gasteiger partial charge < -0.3 is 14.6 Å². The van der Waals surface area contributed by atoms with Gasteiger partial charge in [-0.1, -0.05) is 140 Å². The minimum Gasteiger partial charge on any atom is -0.480 e. The first-order valence-corrected chi connectivity index (χ1v) is 16.7. The summed E-state index contributed by atoms with van der Waals surface area (Å²) in [6, 6.07) is 43.5. The molecule has 1 atom stereocenters. The van der Waals surface area contributed by atoms with Crippen LogP contribution in [0.25, 0.3) is 33.0 Å². The molecule has 2 aliphatic carbocycles. The molecular weight excluding hydrogens is 626 g/mol. The highest BCUT2D eigenvalue weighted by molar-refractivity contribution is 5.94. The fourth-order valence-electron chi connectivity index (χ4n) is 7.53. The maximum Gasteiger partial charge on any atom is 0.420 e. The summed E-state index contributed by atoms with van der Waals surface area (Å²) < 4.78 is 11.7. The lowest BCUT2D eigenvalue weighted by Crippen LogP contribution is -2.50. The van der Waals surface area contributed by atoms with E-state index in [1.54, 1.807) is 0 Å². The lowest BCUT2D eigenvalue weighted by molar-refractivity contribution is -0.142. The van der Waals surface area contributed by atoms with Crippen LogP contribution in [-0.2, 0) is 20.7 Å². The van der Waals surface area contributed by atoms with Crippen molar-refractivity contribution in [2.75, 3.05) is 13.2 Å². The Morgan fingerprint density at radius 1 is 0.540 bits per heavy atom. The number of fused-ring (bicyclic) bond motifs is 7. The van der Waals surface area contributed by atoms with Crippen LogP contribution >= 0.6 is 0 Å². The largest absolute Gasteiger partial charge is 0.480 e. The molecule has 50 heavy (non-hydrogen) atoms. The first kappa shape index (κ1) is 31.1. The lowest BCUT2D eigenvalue weighted by Gasteiger charge is -2.27. The SMILES string of the molecule is O=C(O)[C@H](Cc1ccc2ccccc2c1)N(C(=O)OCC1c2ccccc2-c2ccccc21)C(=O)OCC1c2ccccc2-c2ccccc21. The van der Waals surface area contributed by atoms with Crippen LogP contribution in [0.15, 0.2) is 140 Å². The molecule has 246 valence electrons. The van der Waals surface area contributed by atoms with Crippen molar-refractivity contribution >= 4 is 28.9 Å². The average molecular weight is 660 g/mol. The third-order valence-corrected chi connectivity index (χ3v) is 9.91. The van der Waals surface area contributed by atoms with Gasteiger partial charge in [-0.05, 0) is 60.8 Å². The Labute approximate surface area is 289 Å². The summed E-state index contributed by atoms with van der Waals surface area (Å²) in [6.45, 7) is -0.162. The Balaban J connectivity index is 1.09. The van der Waals surface area contributed by atoms with Crippen LogP contribution in [0, 0.1) is 0 Å². The van der Waals surface area contributed by atoms with Gasteiger partial charge in [0.25, 0.3) is 0 Å². The van der Waals surface area contributed by atoms with Gasteiger partial charge >= 0.3 is 18.2 Å². The highest BCUT2D eigenvalue weighted by atomic mass is 16.6. The Morgan fingerprint density at radius 3 is 1.38 bits per heavy atom. The molecule has 6 aromatic rings. The van der Waals surface area contributed by atoms with Crippen molar-refractivity contribution in [1.29, 1.82) is 0 Å². The minimum atomic E-state index is -1.58. The quantitative estimate of drug-likeness (QED) is 0.175. The summed E-state index contributed by atoms with van der Waals surface area (Å²) in [5, 5.41) is 12.5. The monoisotopic (exact) mass is 659 g/mol. The van der Waals surface area contributed by atoms with Gasteiger partial charge in [-0.2, -0.15) is 4.90 Å². The van der Waals surface area contributed by atoms with Crippen LogP contribution in [0.2, 0.25) is 0 Å². The van der Waals surface area contributed by atoms with E-state index in [0.717, 1.165) is 55.3 Å². The first-order valence-electron chi connectivity index (χ1n) is 16.7. The van der Waals surface area contributed by atoms with Crippen molar-refractivity contribution < 1.29 is 29.0 Å². The number of carbonyl (C=O) groups excluding carboxylic acids is 2. The number of hydrogen-bond acceptors (Lipinski definition) is 5. The molecule has 0 heterocycles. The van der Waals surface area contributed by atoms with Gasteiger partial charge in [-0.25, -0.2) is 14.4 Å². The van der Waals surface area contributed by atoms with Gasteiger partial charge in [0.05, 0.1) is 0 Å². The summed E-state index contributed by atoms with van der Waals surface area (Å²) in [4.78, 5) is 41.7. The summed E-state index contributed by atoms with van der Waals surface area (Å²) in [5.74, 6) is -1.90. The normalized spacial score (nSPS) is 13.5. The van der Waals surface area contributed by atoms with E-state index in [2.05, 4.69) is 0 Å². The third kappa shape index (κ3) is 5.56. The molecule has 0 bridgehead atoms. The molecule has 8 rings (SSSR count). The number of carbonyl (C=O) groups is 3. The first-order chi connectivity index (χ1) is 24.5. The van der Waals surface area contributed by atoms with Crippen LogP contribution in [-0.4, -0.2) is 47.4 Å². The van der Waals surface area contributed by atoms with Gasteiger partial charge in [0.15, 0.2) is 0 Å². The molecule has 0 saturated heterocycles. The fraction of sp³-hybridized carbons (Fsp3) is 0.140. The summed E-state index contributed by atoms with van der Waals surface area (Å²) in [6.07, 6.45) is -2.27. The zero-order chi connectivity index (χ0) is 34.2. The zero-order valence-corrected chi connectivity index (χ0v) is 27.1. The van der Waals surface area contributed by atoms with Crippen LogP contribution in [0.4, 0.5) is 9.59 Å². The Hall–Kier alpha value is -6.21. The second kappa shape index (κ2) is 13.0. The molecule has 0 fully saturated rings. The number of carboxylic acid groups (broad SMARTS) is 1. The van der Waals surface area contributed by atoms with Crippen molar-refractivity contribution in [1.82, 2.24) is 4.90 Å². The number of amides is 2. The molecule has 2 amide bonds. The third-order valence-electron chi connectivity index (χ3n) is 9.91. The molecule has 2 aliphatic rings. The van der Waals surface area contributed by atoms with Crippen molar-refractivity contribution in [2.24, 2.45) is 0 Å². The van der Waals surface area contributed by atoms with E-state index in [1.165, 1.54) is 0 Å². The van der Waals surface area contributed by atoms with E-state index < -0.39 is 24.2 Å². The van der Waals surface area contributed by atoms with Crippen LogP contribution in [0.1, 0.15) is 39.7 Å². The highest BCUT2D eigenvalue weighted by Gasteiger charge is 2.40. The van der Waals surface area contributed by atoms with Crippen molar-refractivity contribution in [3.05, 3.63) is 167 Å². The van der Waals surface area contributed by atoms with E-state index in [-0.39, 0.29) is 31.5 Å². The Bertz CT molecular complexity index is 2080. The predicted octanol–water partition coefficient (Wildman–Crippen LogP) is 9.04. The molecule has 0 spiro atoms. The van der Waals surface area contributed by atoms with Crippen LogP contribution in [0.5, 0.6) is 0 Å². The maximum atomic E-state index is 14.0. The minimum absolute atomic E-state index is 0.0810. The summed E-state index contributed by atoms with van der Waals surface area (Å²) in [5.41, 5.74) is 8.86. The van der Waals surface area contributed by atoms with Gasteiger partial charge in [-0.15, -0.1) is 0 Å². The van der Waals surface area contributed by atoms with E-state index >= 15 is 0 Å². The van der Waals surface area contributed by atoms with Crippen molar-refractivity contribution in [2.45, 2.75) is 24.3 Å². The smallest absolute Gasteiger partial charge is 0.420 e. The number of ether oxygens (including phenoxy) is 2. The number of carboxylic acids is 1. The molecule has 0 unspecified atom stereocenters. The molecule has 0 radical (unpaired) electrons. The zero-order valence-electron chi connectivity index (χ0n) is 27.1. The fourth-order valence-corrected chi connectivity index (χ4v) is 7.53. The Kier molecular flexibility index (Phi) is 8.09. The molecule has 7 nitrogen and oxygen atoms in total. The summed E-state index contributed by atoms with van der Waals surface area (Å²) >= 11 is 0. The number of imide groups is 1. The highest BCUT2D eigenvalue weighted by Crippen LogP contribution is 2.46. The molecule has 0 saturated carbocycles.